The van der Waals surface area contributed by atoms with Gasteiger partial charge in [0.1, 0.15) is 6.04 Å². The number of nitrogens with zero attached hydrogens (tertiary/aromatic N) is 2. The van der Waals surface area contributed by atoms with Crippen LogP contribution in [0.25, 0.3) is 0 Å². The highest BCUT2D eigenvalue weighted by Crippen LogP contribution is 2.27. The first-order valence-corrected chi connectivity index (χ1v) is 13.7. The number of carbonyl (C=O) groups is 1. The summed E-state index contributed by atoms with van der Waals surface area (Å²) in [6.07, 6.45) is 5.36. The van der Waals surface area contributed by atoms with E-state index in [1.165, 1.54) is 29.1 Å². The minimum absolute atomic E-state index is 0.287. The topological polar surface area (TPSA) is 69.7 Å². The van der Waals surface area contributed by atoms with Gasteiger partial charge >= 0.3 is 0 Å². The minimum atomic E-state index is -3.65. The lowest BCUT2D eigenvalue weighted by atomic mass is 10.1. The van der Waals surface area contributed by atoms with E-state index < -0.39 is 16.1 Å². The molecule has 0 saturated carbocycles. The Morgan fingerprint density at radius 3 is 2.42 bits per heavy atom. The Labute approximate surface area is 199 Å². The van der Waals surface area contributed by atoms with Gasteiger partial charge in [-0.15, -0.1) is 0 Å². The summed E-state index contributed by atoms with van der Waals surface area (Å²) in [6, 6.07) is 13.1. The zero-order valence-electron chi connectivity index (χ0n) is 20.3. The van der Waals surface area contributed by atoms with Gasteiger partial charge in [0.05, 0.1) is 11.9 Å². The molecule has 2 aromatic carbocycles. The Kier molecular flexibility index (Phi) is 8.54. The Morgan fingerprint density at radius 1 is 1.06 bits per heavy atom. The lowest BCUT2D eigenvalue weighted by Gasteiger charge is -2.31. The summed E-state index contributed by atoms with van der Waals surface area (Å²) in [7, 11) is -3.65. The molecule has 0 bridgehead atoms. The van der Waals surface area contributed by atoms with E-state index in [1.54, 1.807) is 0 Å². The van der Waals surface area contributed by atoms with Crippen molar-refractivity contribution in [2.75, 3.05) is 23.7 Å². The maximum Gasteiger partial charge on any atom is 0.244 e. The number of anilines is 1. The van der Waals surface area contributed by atoms with Gasteiger partial charge in [-0.1, -0.05) is 49.7 Å². The van der Waals surface area contributed by atoms with Gasteiger partial charge in [0.25, 0.3) is 0 Å². The summed E-state index contributed by atoms with van der Waals surface area (Å²) in [6.45, 7) is 9.19. The molecule has 7 heteroatoms. The number of likely N-dealkylation sites (tertiary alicyclic amines) is 1. The van der Waals surface area contributed by atoms with Crippen LogP contribution < -0.4 is 9.62 Å². The maximum atomic E-state index is 13.2. The summed E-state index contributed by atoms with van der Waals surface area (Å²) >= 11 is 0. The van der Waals surface area contributed by atoms with E-state index in [9.17, 15) is 13.2 Å². The molecule has 1 amide bonds. The molecule has 0 radical (unpaired) electrons. The van der Waals surface area contributed by atoms with Crippen molar-refractivity contribution in [2.24, 2.45) is 0 Å². The van der Waals surface area contributed by atoms with Gasteiger partial charge < -0.3 is 5.32 Å². The van der Waals surface area contributed by atoms with Crippen LogP contribution in [0.3, 0.4) is 0 Å². The quantitative estimate of drug-likeness (QED) is 0.597. The smallest absolute Gasteiger partial charge is 0.244 e. The van der Waals surface area contributed by atoms with Crippen LogP contribution >= 0.6 is 0 Å². The van der Waals surface area contributed by atoms with Gasteiger partial charge in [-0.2, -0.15) is 0 Å². The predicted molar refractivity (Wildman–Crippen MR) is 135 cm³/mol. The lowest BCUT2D eigenvalue weighted by molar-refractivity contribution is -0.122. The first-order valence-electron chi connectivity index (χ1n) is 11.8. The third kappa shape index (κ3) is 6.81. The highest BCUT2D eigenvalue weighted by Gasteiger charge is 2.32. The number of amides is 1. The van der Waals surface area contributed by atoms with Crippen molar-refractivity contribution >= 4 is 21.6 Å². The van der Waals surface area contributed by atoms with Crippen LogP contribution in [0.4, 0.5) is 5.69 Å². The largest absolute Gasteiger partial charge is 0.350 e. The van der Waals surface area contributed by atoms with E-state index in [0.717, 1.165) is 42.6 Å². The van der Waals surface area contributed by atoms with Crippen LogP contribution in [-0.2, 0) is 27.9 Å². The maximum absolute atomic E-state index is 13.2. The Morgan fingerprint density at radius 2 is 1.76 bits per heavy atom. The zero-order valence-corrected chi connectivity index (χ0v) is 21.1. The van der Waals surface area contributed by atoms with Gasteiger partial charge in [-0.25, -0.2) is 8.42 Å². The molecule has 1 saturated heterocycles. The van der Waals surface area contributed by atoms with Crippen molar-refractivity contribution in [3.63, 3.8) is 0 Å². The fourth-order valence-electron chi connectivity index (χ4n) is 4.51. The second-order valence-electron chi connectivity index (χ2n) is 9.15. The fourth-order valence-corrected chi connectivity index (χ4v) is 5.77. The molecule has 1 fully saturated rings. The van der Waals surface area contributed by atoms with Crippen molar-refractivity contribution in [2.45, 2.75) is 65.6 Å². The molecule has 1 N–H and O–H groups in total. The average molecular weight is 472 g/mol. The molecule has 1 aliphatic heterocycles. The normalized spacial score (nSPS) is 15.8. The van der Waals surface area contributed by atoms with Crippen LogP contribution in [-0.4, -0.2) is 44.6 Å². The second kappa shape index (κ2) is 11.2. The van der Waals surface area contributed by atoms with Gasteiger partial charge in [-0.3, -0.25) is 14.0 Å². The molecule has 0 spiro atoms. The van der Waals surface area contributed by atoms with Crippen molar-refractivity contribution in [3.05, 3.63) is 64.7 Å². The summed E-state index contributed by atoms with van der Waals surface area (Å²) in [5.74, 6) is -0.287. The summed E-state index contributed by atoms with van der Waals surface area (Å²) in [5, 5.41) is 2.98. The molecule has 0 aromatic heterocycles. The molecule has 1 heterocycles. The molecule has 33 heavy (non-hydrogen) atoms. The number of aryl methyl sites for hydroxylation is 2. The number of carbonyl (C=O) groups excluding carboxylic acids is 1. The van der Waals surface area contributed by atoms with Crippen LogP contribution in [0.15, 0.2) is 42.5 Å². The number of rotatable bonds is 9. The van der Waals surface area contributed by atoms with Crippen LogP contribution in [0.5, 0.6) is 0 Å². The molecule has 2 aromatic rings. The van der Waals surface area contributed by atoms with Gasteiger partial charge in [-0.05, 0) is 74.5 Å². The second-order valence-corrected chi connectivity index (χ2v) is 11.0. The number of benzene rings is 2. The summed E-state index contributed by atoms with van der Waals surface area (Å²) < 4.78 is 26.8. The van der Waals surface area contributed by atoms with Gasteiger partial charge in [0, 0.05) is 13.1 Å². The molecule has 1 unspecified atom stereocenters. The number of piperidine rings is 1. The van der Waals surface area contributed by atoms with Crippen molar-refractivity contribution in [1.82, 2.24) is 10.2 Å². The van der Waals surface area contributed by atoms with Crippen LogP contribution in [0.1, 0.15) is 54.9 Å². The summed E-state index contributed by atoms with van der Waals surface area (Å²) in [4.78, 5) is 15.7. The average Bonchev–Trinajstić information content (AvgIpc) is 2.78. The monoisotopic (exact) mass is 471 g/mol. The SMILES string of the molecule is CCC(C(=O)NCc1cccc(CN2CCCCC2)c1)N(c1cc(C)ccc1C)S(C)(=O)=O. The van der Waals surface area contributed by atoms with E-state index >= 15 is 0 Å². The van der Waals surface area contributed by atoms with Crippen molar-refractivity contribution in [3.8, 4) is 0 Å². The zero-order chi connectivity index (χ0) is 24.0. The summed E-state index contributed by atoms with van der Waals surface area (Å²) in [5.41, 5.74) is 4.59. The Bertz CT molecular complexity index is 1060. The minimum Gasteiger partial charge on any atom is -0.350 e. The molecule has 1 aliphatic rings. The number of nitrogens with one attached hydrogen (secondary N) is 1. The van der Waals surface area contributed by atoms with Crippen LogP contribution in [0, 0.1) is 13.8 Å². The number of hydrogen-bond donors (Lipinski definition) is 1. The highest BCUT2D eigenvalue weighted by molar-refractivity contribution is 7.92. The molecule has 1 atom stereocenters. The van der Waals surface area contributed by atoms with Crippen molar-refractivity contribution < 1.29 is 13.2 Å². The highest BCUT2D eigenvalue weighted by atomic mass is 32.2. The van der Waals surface area contributed by atoms with E-state index in [4.69, 9.17) is 0 Å². The first kappa shape index (κ1) is 25.2. The van der Waals surface area contributed by atoms with Gasteiger partial charge in [0.2, 0.25) is 15.9 Å². The first-order chi connectivity index (χ1) is 15.7. The molecular weight excluding hydrogens is 434 g/mol. The fraction of sp³-hybridized carbons (Fsp3) is 0.500. The number of hydrogen-bond acceptors (Lipinski definition) is 4. The number of sulfonamides is 1. The predicted octanol–water partition coefficient (Wildman–Crippen LogP) is 4.15. The standard InChI is InChI=1S/C26H37N3O3S/c1-5-24(29(33(4,31)32)25-16-20(2)12-13-21(25)3)26(30)27-18-22-10-9-11-23(17-22)19-28-14-7-6-8-15-28/h9-13,16-17,24H,5-8,14-15,18-19H2,1-4H3,(H,27,30). The van der Waals surface area contributed by atoms with Crippen LogP contribution in [0.2, 0.25) is 0 Å². The molecular formula is C26H37N3O3S. The molecule has 180 valence electrons. The lowest BCUT2D eigenvalue weighted by Crippen LogP contribution is -2.49. The van der Waals surface area contributed by atoms with E-state index in [0.29, 0.717) is 18.7 Å². The van der Waals surface area contributed by atoms with E-state index in [1.807, 2.05) is 51.1 Å². The molecule has 6 nitrogen and oxygen atoms in total. The van der Waals surface area contributed by atoms with Gasteiger partial charge in [0.15, 0.2) is 0 Å². The Balaban J connectivity index is 1.73. The van der Waals surface area contributed by atoms with Crippen molar-refractivity contribution in [1.29, 1.82) is 0 Å². The van der Waals surface area contributed by atoms with E-state index in [2.05, 4.69) is 22.3 Å². The Hall–Kier alpha value is -2.38. The molecule has 0 aliphatic carbocycles. The third-order valence-corrected chi connectivity index (χ3v) is 7.41. The molecule has 3 rings (SSSR count). The third-order valence-electron chi connectivity index (χ3n) is 6.24. The van der Waals surface area contributed by atoms with E-state index in [-0.39, 0.29) is 5.91 Å².